The minimum Gasteiger partial charge on any atom is -0.497 e. The predicted molar refractivity (Wildman–Crippen MR) is 123 cm³/mol. The van der Waals surface area contributed by atoms with Crippen LogP contribution in [0.25, 0.3) is 6.08 Å². The molecule has 0 fully saturated rings. The Morgan fingerprint density at radius 3 is 2.00 bits per heavy atom. The summed E-state index contributed by atoms with van der Waals surface area (Å²) in [5.74, 6) is 3.53. The van der Waals surface area contributed by atoms with Crippen molar-refractivity contribution in [1.82, 2.24) is 0 Å². The molecule has 0 aromatic heterocycles. The van der Waals surface area contributed by atoms with E-state index < -0.39 is 5.60 Å². The number of hydrogen-bond acceptors (Lipinski definition) is 4. The minimum atomic E-state index is -0.472. The summed E-state index contributed by atoms with van der Waals surface area (Å²) in [6.07, 6.45) is 5.25. The molecule has 0 amide bonds. The van der Waals surface area contributed by atoms with Crippen LogP contribution in [0.3, 0.4) is 0 Å². The maximum absolute atomic E-state index is 6.56. The van der Waals surface area contributed by atoms with Crippen molar-refractivity contribution in [2.75, 3.05) is 21.3 Å². The molecule has 0 spiro atoms. The quantitative estimate of drug-likeness (QED) is 0.479. The lowest BCUT2D eigenvalue weighted by molar-refractivity contribution is 0.0562. The molecule has 0 N–H and O–H groups in total. The fourth-order valence-electron chi connectivity index (χ4n) is 4.08. The summed E-state index contributed by atoms with van der Waals surface area (Å²) < 4.78 is 22.6. The van der Waals surface area contributed by atoms with Crippen LogP contribution in [0.15, 0.2) is 72.8 Å². The first-order valence-electron chi connectivity index (χ1n) is 10.4. The van der Waals surface area contributed by atoms with E-state index in [-0.39, 0.29) is 5.92 Å². The molecule has 0 radical (unpaired) electrons. The van der Waals surface area contributed by atoms with E-state index >= 15 is 0 Å². The van der Waals surface area contributed by atoms with Crippen LogP contribution in [0.4, 0.5) is 0 Å². The fraction of sp³-hybridized carbons (Fsp3) is 0.259. The van der Waals surface area contributed by atoms with Gasteiger partial charge in [0.05, 0.1) is 21.3 Å². The van der Waals surface area contributed by atoms with Gasteiger partial charge in [-0.15, -0.1) is 0 Å². The highest BCUT2D eigenvalue weighted by Gasteiger charge is 2.38. The molecule has 3 aromatic rings. The molecule has 2 atom stereocenters. The van der Waals surface area contributed by atoms with Crippen molar-refractivity contribution in [3.8, 4) is 23.0 Å². The Hall–Kier alpha value is -3.40. The molecule has 1 aliphatic heterocycles. The molecule has 1 heterocycles. The highest BCUT2D eigenvalue weighted by Crippen LogP contribution is 2.47. The normalized spacial score (nSPS) is 20.1. The van der Waals surface area contributed by atoms with E-state index in [0.29, 0.717) is 0 Å². The highest BCUT2D eigenvalue weighted by atomic mass is 16.5. The lowest BCUT2D eigenvalue weighted by Crippen LogP contribution is -2.35. The number of benzene rings is 3. The molecule has 4 rings (SSSR count). The number of hydrogen-bond donors (Lipinski definition) is 0. The molecule has 4 heteroatoms. The summed E-state index contributed by atoms with van der Waals surface area (Å²) in [7, 11) is 5.03. The second-order valence-electron chi connectivity index (χ2n) is 7.91. The SMILES string of the molecule is COc1ccc(/C=C/C2CC(C)(c3ccc(OC)cc3)Oc3cc(OC)ccc32)cc1. The van der Waals surface area contributed by atoms with Crippen molar-refractivity contribution in [2.45, 2.75) is 24.9 Å². The summed E-state index contributed by atoms with van der Waals surface area (Å²) in [6.45, 7) is 2.14. The third-order valence-electron chi connectivity index (χ3n) is 5.90. The zero-order chi connectivity index (χ0) is 21.8. The molecule has 0 aliphatic carbocycles. The Labute approximate surface area is 184 Å². The number of fused-ring (bicyclic) bond motifs is 1. The molecule has 0 saturated heterocycles. The first kappa shape index (κ1) is 20.9. The second kappa shape index (κ2) is 8.76. The molecule has 0 bridgehead atoms. The van der Waals surface area contributed by atoms with Gasteiger partial charge in [-0.3, -0.25) is 0 Å². The average Bonchev–Trinajstić information content (AvgIpc) is 2.82. The van der Waals surface area contributed by atoms with E-state index in [2.05, 4.69) is 49.4 Å². The van der Waals surface area contributed by atoms with E-state index in [1.165, 1.54) is 0 Å². The monoisotopic (exact) mass is 416 g/mol. The highest BCUT2D eigenvalue weighted by molar-refractivity contribution is 5.55. The van der Waals surface area contributed by atoms with Crippen molar-refractivity contribution in [2.24, 2.45) is 0 Å². The average molecular weight is 417 g/mol. The third-order valence-corrected chi connectivity index (χ3v) is 5.90. The van der Waals surface area contributed by atoms with Gasteiger partial charge in [0.15, 0.2) is 0 Å². The van der Waals surface area contributed by atoms with E-state index in [9.17, 15) is 0 Å². The number of rotatable bonds is 6. The molecule has 160 valence electrons. The topological polar surface area (TPSA) is 36.9 Å². The molecular formula is C27H28O4. The van der Waals surface area contributed by atoms with Gasteiger partial charge in [-0.05, 0) is 48.4 Å². The summed E-state index contributed by atoms with van der Waals surface area (Å²) in [5, 5.41) is 0. The molecule has 1 aliphatic rings. The summed E-state index contributed by atoms with van der Waals surface area (Å²) in [4.78, 5) is 0. The van der Waals surface area contributed by atoms with Crippen LogP contribution >= 0.6 is 0 Å². The van der Waals surface area contributed by atoms with Crippen LogP contribution in [0.5, 0.6) is 23.0 Å². The van der Waals surface area contributed by atoms with Gasteiger partial charge in [-0.1, -0.05) is 42.5 Å². The molecule has 31 heavy (non-hydrogen) atoms. The van der Waals surface area contributed by atoms with Crippen LogP contribution in [0.2, 0.25) is 0 Å². The standard InChI is InChI=1S/C27H28O4/c1-27(21-9-13-23(29-3)14-10-21)18-20(8-5-19-6-11-22(28-2)12-7-19)25-16-15-24(30-4)17-26(25)31-27/h5-17,20H,18H2,1-4H3/b8-5+. The van der Waals surface area contributed by atoms with Gasteiger partial charge in [0.2, 0.25) is 0 Å². The Balaban J connectivity index is 1.69. The Bertz CT molecular complexity index is 1050. The number of allylic oxidation sites excluding steroid dienone is 1. The van der Waals surface area contributed by atoms with Crippen molar-refractivity contribution in [1.29, 1.82) is 0 Å². The van der Waals surface area contributed by atoms with Crippen molar-refractivity contribution >= 4 is 6.08 Å². The Morgan fingerprint density at radius 2 is 1.39 bits per heavy atom. The van der Waals surface area contributed by atoms with Crippen LogP contribution in [0.1, 0.15) is 36.0 Å². The van der Waals surface area contributed by atoms with Gasteiger partial charge in [0.25, 0.3) is 0 Å². The maximum atomic E-state index is 6.56. The summed E-state index contributed by atoms with van der Waals surface area (Å²) >= 11 is 0. The maximum Gasteiger partial charge on any atom is 0.132 e. The smallest absolute Gasteiger partial charge is 0.132 e. The second-order valence-corrected chi connectivity index (χ2v) is 7.91. The first-order valence-corrected chi connectivity index (χ1v) is 10.4. The minimum absolute atomic E-state index is 0.198. The van der Waals surface area contributed by atoms with Gasteiger partial charge in [0, 0.05) is 24.0 Å². The zero-order valence-electron chi connectivity index (χ0n) is 18.4. The Morgan fingerprint density at radius 1 is 0.806 bits per heavy atom. The summed E-state index contributed by atoms with van der Waals surface area (Å²) in [5.41, 5.74) is 2.94. The van der Waals surface area contributed by atoms with Crippen molar-refractivity contribution < 1.29 is 18.9 Å². The molecule has 2 unspecified atom stereocenters. The predicted octanol–water partition coefficient (Wildman–Crippen LogP) is 6.21. The third kappa shape index (κ3) is 4.38. The van der Waals surface area contributed by atoms with Gasteiger partial charge in [-0.2, -0.15) is 0 Å². The largest absolute Gasteiger partial charge is 0.497 e. The van der Waals surface area contributed by atoms with E-state index in [4.69, 9.17) is 18.9 Å². The van der Waals surface area contributed by atoms with Crippen LogP contribution < -0.4 is 18.9 Å². The first-order chi connectivity index (χ1) is 15.0. The number of ether oxygens (including phenoxy) is 4. The van der Waals surface area contributed by atoms with Crippen molar-refractivity contribution in [3.63, 3.8) is 0 Å². The lowest BCUT2D eigenvalue weighted by atomic mass is 9.79. The lowest BCUT2D eigenvalue weighted by Gasteiger charge is -2.39. The summed E-state index contributed by atoms with van der Waals surface area (Å²) in [6, 6.07) is 22.3. The van der Waals surface area contributed by atoms with E-state index in [1.807, 2.05) is 36.4 Å². The molecule has 4 nitrogen and oxygen atoms in total. The van der Waals surface area contributed by atoms with Gasteiger partial charge in [-0.25, -0.2) is 0 Å². The van der Waals surface area contributed by atoms with Gasteiger partial charge < -0.3 is 18.9 Å². The zero-order valence-corrected chi connectivity index (χ0v) is 18.4. The van der Waals surface area contributed by atoms with Crippen molar-refractivity contribution in [3.05, 3.63) is 89.5 Å². The van der Waals surface area contributed by atoms with Gasteiger partial charge in [0.1, 0.15) is 28.6 Å². The van der Waals surface area contributed by atoms with E-state index in [0.717, 1.165) is 46.1 Å². The van der Waals surface area contributed by atoms with Gasteiger partial charge >= 0.3 is 0 Å². The molecule has 0 saturated carbocycles. The number of methoxy groups -OCH3 is 3. The van der Waals surface area contributed by atoms with Crippen LogP contribution in [-0.4, -0.2) is 21.3 Å². The Kier molecular flexibility index (Phi) is 5.90. The van der Waals surface area contributed by atoms with Crippen LogP contribution in [-0.2, 0) is 5.60 Å². The van der Waals surface area contributed by atoms with E-state index in [1.54, 1.807) is 21.3 Å². The molecule has 3 aromatic carbocycles. The van der Waals surface area contributed by atoms with Crippen LogP contribution in [0, 0.1) is 0 Å². The fourth-order valence-corrected chi connectivity index (χ4v) is 4.08. The molecular weight excluding hydrogens is 388 g/mol.